The molecular weight excluding hydrogens is 249 g/mol. The van der Waals surface area contributed by atoms with Crippen molar-refractivity contribution < 1.29 is 14.3 Å². The second-order valence-electron chi connectivity index (χ2n) is 4.01. The van der Waals surface area contributed by atoms with Gasteiger partial charge in [0.1, 0.15) is 5.82 Å². The van der Waals surface area contributed by atoms with Crippen LogP contribution in [0.1, 0.15) is 21.7 Å². The number of halogens is 1. The predicted molar refractivity (Wildman–Crippen MR) is 67.5 cm³/mol. The summed E-state index contributed by atoms with van der Waals surface area (Å²) in [6, 6.07) is 7.49. The van der Waals surface area contributed by atoms with Crippen LogP contribution in [0.15, 0.2) is 30.3 Å². The van der Waals surface area contributed by atoms with Crippen molar-refractivity contribution in [1.29, 1.82) is 0 Å². The van der Waals surface area contributed by atoms with Crippen molar-refractivity contribution in [3.05, 3.63) is 53.1 Å². The maximum absolute atomic E-state index is 13.0. The summed E-state index contributed by atoms with van der Waals surface area (Å²) in [5, 5.41) is 11.8. The number of benzene rings is 1. The van der Waals surface area contributed by atoms with Gasteiger partial charge < -0.3 is 10.4 Å². The van der Waals surface area contributed by atoms with Gasteiger partial charge in [-0.3, -0.25) is 0 Å². The van der Waals surface area contributed by atoms with E-state index in [1.54, 1.807) is 19.1 Å². The van der Waals surface area contributed by atoms with Crippen LogP contribution in [0.3, 0.4) is 0 Å². The fourth-order valence-corrected chi connectivity index (χ4v) is 1.59. The molecule has 0 saturated carbocycles. The van der Waals surface area contributed by atoms with Gasteiger partial charge in [-0.25, -0.2) is 19.2 Å². The summed E-state index contributed by atoms with van der Waals surface area (Å²) in [6.07, 6.45) is 0. The molecule has 2 rings (SSSR count). The lowest BCUT2D eigenvalue weighted by atomic mass is 10.2. The Morgan fingerprint density at radius 3 is 2.84 bits per heavy atom. The molecule has 1 heterocycles. The zero-order chi connectivity index (χ0) is 13.8. The molecule has 2 N–H and O–H groups in total. The van der Waals surface area contributed by atoms with Crippen LogP contribution in [0.5, 0.6) is 0 Å². The minimum Gasteiger partial charge on any atom is -0.477 e. The third kappa shape index (κ3) is 3.48. The Kier molecular flexibility index (Phi) is 3.70. The van der Waals surface area contributed by atoms with E-state index in [1.807, 2.05) is 0 Å². The quantitative estimate of drug-likeness (QED) is 0.882. The van der Waals surface area contributed by atoms with Crippen LogP contribution < -0.4 is 5.32 Å². The van der Waals surface area contributed by atoms with Gasteiger partial charge in [-0.1, -0.05) is 12.1 Å². The van der Waals surface area contributed by atoms with Crippen LogP contribution in [0.2, 0.25) is 0 Å². The molecule has 0 fully saturated rings. The molecule has 0 unspecified atom stereocenters. The van der Waals surface area contributed by atoms with Crippen molar-refractivity contribution in [2.24, 2.45) is 0 Å². The summed E-state index contributed by atoms with van der Waals surface area (Å²) < 4.78 is 13.0. The second-order valence-corrected chi connectivity index (χ2v) is 4.01. The lowest BCUT2D eigenvalue weighted by Gasteiger charge is -2.06. The van der Waals surface area contributed by atoms with E-state index in [9.17, 15) is 9.18 Å². The number of hydrogen-bond acceptors (Lipinski definition) is 4. The number of hydrogen-bond donors (Lipinski definition) is 2. The first-order valence-corrected chi connectivity index (χ1v) is 5.62. The van der Waals surface area contributed by atoms with Crippen LogP contribution in [-0.4, -0.2) is 21.0 Å². The molecule has 0 bridgehead atoms. The molecule has 0 aliphatic carbocycles. The maximum Gasteiger partial charge on any atom is 0.354 e. The first-order chi connectivity index (χ1) is 9.04. The number of carboxylic acids is 1. The highest BCUT2D eigenvalue weighted by Gasteiger charge is 2.08. The molecule has 6 heteroatoms. The number of nitrogens with one attached hydrogen (secondary N) is 1. The van der Waals surface area contributed by atoms with Crippen molar-refractivity contribution in [1.82, 2.24) is 9.97 Å². The van der Waals surface area contributed by atoms with Crippen LogP contribution in [0.25, 0.3) is 0 Å². The summed E-state index contributed by atoms with van der Waals surface area (Å²) in [4.78, 5) is 18.8. The summed E-state index contributed by atoms with van der Waals surface area (Å²) in [6.45, 7) is 2.00. The van der Waals surface area contributed by atoms with Gasteiger partial charge in [0.2, 0.25) is 5.95 Å². The lowest BCUT2D eigenvalue weighted by molar-refractivity contribution is 0.0690. The number of anilines is 1. The highest BCUT2D eigenvalue weighted by Crippen LogP contribution is 2.08. The third-order valence-corrected chi connectivity index (χ3v) is 2.41. The Bertz CT molecular complexity index is 617. The minimum atomic E-state index is -1.11. The largest absolute Gasteiger partial charge is 0.477 e. The van der Waals surface area contributed by atoms with Crippen molar-refractivity contribution in [2.45, 2.75) is 13.5 Å². The topological polar surface area (TPSA) is 75.1 Å². The van der Waals surface area contributed by atoms with E-state index in [2.05, 4.69) is 15.3 Å². The van der Waals surface area contributed by atoms with Crippen LogP contribution >= 0.6 is 0 Å². The highest BCUT2D eigenvalue weighted by molar-refractivity contribution is 5.85. The molecule has 0 atom stereocenters. The minimum absolute atomic E-state index is 0.0748. The first-order valence-electron chi connectivity index (χ1n) is 5.62. The van der Waals surface area contributed by atoms with E-state index < -0.39 is 5.97 Å². The molecule has 5 nitrogen and oxygen atoms in total. The van der Waals surface area contributed by atoms with Gasteiger partial charge in [0, 0.05) is 12.2 Å². The molecule has 0 saturated heterocycles. The third-order valence-electron chi connectivity index (χ3n) is 2.41. The van der Waals surface area contributed by atoms with Gasteiger partial charge in [0.25, 0.3) is 0 Å². The summed E-state index contributed by atoms with van der Waals surface area (Å²) >= 11 is 0. The Morgan fingerprint density at radius 2 is 2.16 bits per heavy atom. The second kappa shape index (κ2) is 5.43. The SMILES string of the molecule is Cc1cc(C(=O)O)nc(NCc2cccc(F)c2)n1. The van der Waals surface area contributed by atoms with Gasteiger partial charge >= 0.3 is 5.97 Å². The molecule has 0 radical (unpaired) electrons. The zero-order valence-electron chi connectivity index (χ0n) is 10.2. The predicted octanol–water partition coefficient (Wildman–Crippen LogP) is 2.23. The average Bonchev–Trinajstić information content (AvgIpc) is 2.36. The molecule has 19 heavy (non-hydrogen) atoms. The van der Waals surface area contributed by atoms with E-state index >= 15 is 0 Å². The van der Waals surface area contributed by atoms with Crippen molar-refractivity contribution in [3.8, 4) is 0 Å². The molecular formula is C13H12FN3O2. The normalized spacial score (nSPS) is 10.2. The number of aryl methyl sites for hydroxylation is 1. The summed E-state index contributed by atoms with van der Waals surface area (Å²) in [5.41, 5.74) is 1.20. The van der Waals surface area contributed by atoms with Gasteiger partial charge in [-0.2, -0.15) is 0 Å². The van der Waals surface area contributed by atoms with Crippen LogP contribution in [0.4, 0.5) is 10.3 Å². The fourth-order valence-electron chi connectivity index (χ4n) is 1.59. The smallest absolute Gasteiger partial charge is 0.354 e. The standard InChI is InChI=1S/C13H12FN3O2/c1-8-5-11(12(18)19)17-13(16-8)15-7-9-3-2-4-10(14)6-9/h2-6H,7H2,1H3,(H,18,19)(H,15,16,17). The molecule has 98 valence electrons. The fraction of sp³-hybridized carbons (Fsp3) is 0.154. The number of carbonyl (C=O) groups is 1. The number of aromatic nitrogens is 2. The molecule has 1 aromatic heterocycles. The number of rotatable bonds is 4. The van der Waals surface area contributed by atoms with E-state index in [0.29, 0.717) is 12.2 Å². The number of carboxylic acid groups (broad SMARTS) is 1. The van der Waals surface area contributed by atoms with Gasteiger partial charge in [0.05, 0.1) is 0 Å². The average molecular weight is 261 g/mol. The number of aromatic carboxylic acids is 1. The Balaban J connectivity index is 2.13. The Morgan fingerprint density at radius 1 is 1.37 bits per heavy atom. The Hall–Kier alpha value is -2.50. The van der Waals surface area contributed by atoms with E-state index in [0.717, 1.165) is 5.56 Å². The number of nitrogens with zero attached hydrogens (tertiary/aromatic N) is 2. The van der Waals surface area contributed by atoms with Crippen LogP contribution in [0, 0.1) is 12.7 Å². The van der Waals surface area contributed by atoms with E-state index in [1.165, 1.54) is 18.2 Å². The van der Waals surface area contributed by atoms with Crippen LogP contribution in [-0.2, 0) is 6.54 Å². The summed E-state index contributed by atoms with van der Waals surface area (Å²) in [7, 11) is 0. The van der Waals surface area contributed by atoms with Gasteiger partial charge in [-0.05, 0) is 30.7 Å². The van der Waals surface area contributed by atoms with Gasteiger partial charge in [0.15, 0.2) is 5.69 Å². The Labute approximate surface area is 109 Å². The zero-order valence-corrected chi connectivity index (χ0v) is 10.2. The van der Waals surface area contributed by atoms with E-state index in [4.69, 9.17) is 5.11 Å². The van der Waals surface area contributed by atoms with Crippen molar-refractivity contribution in [2.75, 3.05) is 5.32 Å². The lowest BCUT2D eigenvalue weighted by Crippen LogP contribution is -2.09. The summed E-state index contributed by atoms with van der Waals surface area (Å²) in [5.74, 6) is -1.23. The maximum atomic E-state index is 13.0. The molecule has 0 aliphatic heterocycles. The molecule has 0 spiro atoms. The monoisotopic (exact) mass is 261 g/mol. The highest BCUT2D eigenvalue weighted by atomic mass is 19.1. The van der Waals surface area contributed by atoms with Crippen molar-refractivity contribution in [3.63, 3.8) is 0 Å². The molecule has 0 amide bonds. The van der Waals surface area contributed by atoms with E-state index in [-0.39, 0.29) is 17.5 Å². The first kappa shape index (κ1) is 12.9. The molecule has 1 aromatic carbocycles. The van der Waals surface area contributed by atoms with Crippen molar-refractivity contribution >= 4 is 11.9 Å². The van der Waals surface area contributed by atoms with Gasteiger partial charge in [-0.15, -0.1) is 0 Å². The molecule has 0 aliphatic rings. The molecule has 2 aromatic rings.